The highest BCUT2D eigenvalue weighted by Crippen LogP contribution is 2.29. The Hall–Kier alpha value is -2.51. The zero-order valence-corrected chi connectivity index (χ0v) is 12.7. The fraction of sp³-hybridized carbons (Fsp3) is 0.400. The van der Waals surface area contributed by atoms with Gasteiger partial charge < -0.3 is 10.5 Å². The molecule has 0 bridgehead atoms. The van der Waals surface area contributed by atoms with Crippen molar-refractivity contribution in [2.24, 2.45) is 5.73 Å². The van der Waals surface area contributed by atoms with Gasteiger partial charge in [0.1, 0.15) is 5.69 Å². The summed E-state index contributed by atoms with van der Waals surface area (Å²) in [5.41, 5.74) is 5.23. The summed E-state index contributed by atoms with van der Waals surface area (Å²) >= 11 is 0. The van der Waals surface area contributed by atoms with Gasteiger partial charge in [0.05, 0.1) is 6.61 Å². The molecule has 0 fully saturated rings. The van der Waals surface area contributed by atoms with Crippen LogP contribution < -0.4 is 10.5 Å². The van der Waals surface area contributed by atoms with E-state index in [9.17, 15) is 13.6 Å². The van der Waals surface area contributed by atoms with Crippen molar-refractivity contribution in [1.82, 2.24) is 15.4 Å². The molecule has 0 atom stereocenters. The summed E-state index contributed by atoms with van der Waals surface area (Å²) in [6.45, 7) is 2.36. The zero-order valence-electron chi connectivity index (χ0n) is 12.7. The molecule has 1 aromatic heterocycles. The molecule has 1 aromatic carbocycles. The topological polar surface area (TPSA) is 93.9 Å². The van der Waals surface area contributed by atoms with Crippen LogP contribution in [0.5, 0.6) is 5.75 Å². The maximum Gasteiger partial charge on any atom is 0.271 e. The number of halogens is 2. The number of unbranched alkanes of at least 4 members (excludes halogenated alkanes) is 3. The first-order valence-corrected chi connectivity index (χ1v) is 7.37. The van der Waals surface area contributed by atoms with Crippen molar-refractivity contribution in [2.75, 3.05) is 6.61 Å². The van der Waals surface area contributed by atoms with E-state index >= 15 is 0 Å². The molecule has 0 saturated carbocycles. The number of ether oxygens (including phenoxy) is 1. The van der Waals surface area contributed by atoms with Gasteiger partial charge in [-0.1, -0.05) is 26.2 Å². The number of nitrogens with two attached hydrogens (primary N) is 1. The third kappa shape index (κ3) is 4.02. The minimum absolute atomic E-state index is 0.0484. The normalized spacial score (nSPS) is 10.7. The van der Waals surface area contributed by atoms with Gasteiger partial charge in [-0.2, -0.15) is 19.8 Å². The number of amides is 1. The molecule has 0 saturated heterocycles. The number of rotatable bonds is 8. The highest BCUT2D eigenvalue weighted by molar-refractivity contribution is 5.96. The largest absolute Gasteiger partial charge is 0.490 e. The van der Waals surface area contributed by atoms with E-state index in [-0.39, 0.29) is 29.3 Å². The third-order valence-electron chi connectivity index (χ3n) is 3.31. The van der Waals surface area contributed by atoms with Crippen LogP contribution in [0.25, 0.3) is 11.3 Å². The van der Waals surface area contributed by atoms with E-state index in [4.69, 9.17) is 10.5 Å². The van der Waals surface area contributed by atoms with Gasteiger partial charge in [0.25, 0.3) is 5.91 Å². The predicted molar refractivity (Wildman–Crippen MR) is 79.9 cm³/mol. The Morgan fingerprint density at radius 2 is 2.04 bits per heavy atom. The molecule has 2 aromatic rings. The molecule has 2 rings (SSSR count). The number of nitrogens with one attached hydrogen (secondary N) is 1. The summed E-state index contributed by atoms with van der Waals surface area (Å²) in [6.07, 6.45) is 3.83. The van der Waals surface area contributed by atoms with Gasteiger partial charge in [-0.25, -0.2) is 4.39 Å². The van der Waals surface area contributed by atoms with E-state index in [1.165, 1.54) is 6.07 Å². The molecule has 1 heterocycles. The van der Waals surface area contributed by atoms with Crippen LogP contribution in [-0.2, 0) is 0 Å². The van der Waals surface area contributed by atoms with Gasteiger partial charge in [0.15, 0.2) is 17.3 Å². The lowest BCUT2D eigenvalue weighted by Gasteiger charge is -2.09. The molecular formula is C15H18F2N4O2. The first-order valence-electron chi connectivity index (χ1n) is 7.37. The minimum Gasteiger partial charge on any atom is -0.490 e. The second-order valence-corrected chi connectivity index (χ2v) is 5.06. The van der Waals surface area contributed by atoms with Gasteiger partial charge in [-0.15, -0.1) is 0 Å². The number of aromatic amines is 1. The summed E-state index contributed by atoms with van der Waals surface area (Å²) in [4.78, 5) is 11.3. The summed E-state index contributed by atoms with van der Waals surface area (Å²) in [7, 11) is 0. The number of aromatic nitrogens is 3. The molecule has 8 heteroatoms. The fourth-order valence-corrected chi connectivity index (χ4v) is 2.12. The van der Waals surface area contributed by atoms with Crippen LogP contribution in [0, 0.1) is 11.6 Å². The molecule has 0 radical (unpaired) electrons. The fourth-order valence-electron chi connectivity index (χ4n) is 2.12. The number of hydrogen-bond donors (Lipinski definition) is 2. The molecule has 0 aliphatic carbocycles. The second kappa shape index (κ2) is 7.66. The van der Waals surface area contributed by atoms with Gasteiger partial charge in [-0.05, 0) is 18.6 Å². The molecule has 6 nitrogen and oxygen atoms in total. The van der Waals surface area contributed by atoms with Crippen LogP contribution in [0.1, 0.15) is 43.1 Å². The highest BCUT2D eigenvalue weighted by atomic mass is 19.2. The van der Waals surface area contributed by atoms with Crippen molar-refractivity contribution >= 4 is 5.91 Å². The lowest BCUT2D eigenvalue weighted by Crippen LogP contribution is -2.13. The zero-order chi connectivity index (χ0) is 16.8. The van der Waals surface area contributed by atoms with Gasteiger partial charge in [-0.3, -0.25) is 4.79 Å². The third-order valence-corrected chi connectivity index (χ3v) is 3.31. The monoisotopic (exact) mass is 324 g/mol. The van der Waals surface area contributed by atoms with Gasteiger partial charge in [0, 0.05) is 5.56 Å². The first-order chi connectivity index (χ1) is 11.0. The number of nitrogens with zero attached hydrogens (tertiary/aromatic N) is 2. The molecule has 23 heavy (non-hydrogen) atoms. The molecule has 0 unspecified atom stereocenters. The van der Waals surface area contributed by atoms with Crippen molar-refractivity contribution in [2.45, 2.75) is 32.6 Å². The number of H-pyrrole nitrogens is 1. The molecule has 1 amide bonds. The molecular weight excluding hydrogens is 306 g/mol. The smallest absolute Gasteiger partial charge is 0.271 e. The highest BCUT2D eigenvalue weighted by Gasteiger charge is 2.19. The molecule has 0 spiro atoms. The standard InChI is InChI=1S/C15H18F2N4O2/c1-2-3-4-5-6-23-11-8-9(7-10(16)12(11)17)13-14(15(18)22)20-21-19-13/h7-8H,2-6H2,1H3,(H2,18,22)(H,19,20,21). The van der Waals surface area contributed by atoms with Crippen molar-refractivity contribution in [3.8, 4) is 17.0 Å². The van der Waals surface area contributed by atoms with Crippen LogP contribution in [0.3, 0.4) is 0 Å². The quantitative estimate of drug-likeness (QED) is 0.730. The number of hydrogen-bond acceptors (Lipinski definition) is 4. The van der Waals surface area contributed by atoms with Crippen LogP contribution in [0.15, 0.2) is 12.1 Å². The number of primary amides is 1. The average Bonchev–Trinajstić information content (AvgIpc) is 3.00. The number of benzene rings is 1. The van der Waals surface area contributed by atoms with E-state index < -0.39 is 17.5 Å². The SMILES string of the molecule is CCCCCCOc1cc(-c2n[nH]nc2C(N)=O)cc(F)c1F. The maximum absolute atomic E-state index is 13.8. The molecule has 124 valence electrons. The minimum atomic E-state index is -1.09. The average molecular weight is 324 g/mol. The van der Waals surface area contributed by atoms with Crippen LogP contribution >= 0.6 is 0 Å². The maximum atomic E-state index is 13.8. The molecule has 0 aliphatic rings. The van der Waals surface area contributed by atoms with E-state index in [0.717, 1.165) is 31.7 Å². The van der Waals surface area contributed by atoms with Crippen LogP contribution in [0.2, 0.25) is 0 Å². The van der Waals surface area contributed by atoms with E-state index in [1.807, 2.05) is 0 Å². The second-order valence-electron chi connectivity index (χ2n) is 5.06. The van der Waals surface area contributed by atoms with Crippen molar-refractivity contribution in [3.63, 3.8) is 0 Å². The van der Waals surface area contributed by atoms with Gasteiger partial charge >= 0.3 is 0 Å². The molecule has 0 aliphatic heterocycles. The molecule has 3 N–H and O–H groups in total. The number of carbonyl (C=O) groups excluding carboxylic acids is 1. The summed E-state index contributed by atoms with van der Waals surface area (Å²) < 4.78 is 32.9. The Kier molecular flexibility index (Phi) is 5.61. The van der Waals surface area contributed by atoms with Gasteiger partial charge in [0.2, 0.25) is 5.82 Å². The lowest BCUT2D eigenvalue weighted by molar-refractivity contribution is 0.0996. The summed E-state index contributed by atoms with van der Waals surface area (Å²) in [5, 5.41) is 9.60. The van der Waals surface area contributed by atoms with E-state index in [1.54, 1.807) is 0 Å². The Balaban J connectivity index is 2.22. The van der Waals surface area contributed by atoms with Crippen molar-refractivity contribution in [1.29, 1.82) is 0 Å². The van der Waals surface area contributed by atoms with E-state index in [2.05, 4.69) is 22.3 Å². The van der Waals surface area contributed by atoms with E-state index in [0.29, 0.717) is 0 Å². The Labute approximate surface area is 132 Å². The summed E-state index contributed by atoms with van der Waals surface area (Å²) in [6, 6.07) is 2.20. The van der Waals surface area contributed by atoms with Crippen LogP contribution in [0.4, 0.5) is 8.78 Å². The number of carbonyl (C=O) groups is 1. The van der Waals surface area contributed by atoms with Crippen molar-refractivity contribution in [3.05, 3.63) is 29.5 Å². The Morgan fingerprint density at radius 1 is 1.26 bits per heavy atom. The van der Waals surface area contributed by atoms with Crippen molar-refractivity contribution < 1.29 is 18.3 Å². The Bertz CT molecular complexity index is 688. The summed E-state index contributed by atoms with van der Waals surface area (Å²) in [5.74, 6) is -3.21. The predicted octanol–water partition coefficient (Wildman–Crippen LogP) is 2.81. The Morgan fingerprint density at radius 3 is 2.74 bits per heavy atom. The van der Waals surface area contributed by atoms with Crippen LogP contribution in [-0.4, -0.2) is 27.9 Å². The first kappa shape index (κ1) is 16.9. The lowest BCUT2D eigenvalue weighted by atomic mass is 10.1.